The first-order chi connectivity index (χ1) is 27.1. The number of nitrogens with zero attached hydrogens (tertiary/aromatic N) is 2. The minimum atomic E-state index is -1.03. The number of ether oxygens (including phenoxy) is 2. The first-order valence-corrected chi connectivity index (χ1v) is 18.5. The number of hydrogen-bond acceptors (Lipinski definition) is 10. The van der Waals surface area contributed by atoms with Gasteiger partial charge in [0.05, 0.1) is 11.0 Å². The molecule has 0 unspecified atom stereocenters. The standard InChI is InChI=1S/C41H46N6O9/c42-34(13-6-7-21-43-41(52)56-27-28-9-2-1-3-10-28)38(49)45-35(24-30-15-18-31-11-4-5-12-32(31)23-30)40(51)46-22-8-14-36(46)39(50)44-25-37(48)55-26-29-16-19-33(20-17-29)47(53)54/h1-5,9-12,15-20,23,34-36H,6-8,13-14,21-22,24-27,42H2,(H,43,52)(H,44,50)(H,45,49)/t34-,35+,36-/m1/s1. The van der Waals surface area contributed by atoms with Crippen LogP contribution in [0, 0.1) is 10.1 Å². The van der Waals surface area contributed by atoms with E-state index in [-0.39, 0.29) is 31.9 Å². The van der Waals surface area contributed by atoms with E-state index in [1.54, 1.807) is 0 Å². The summed E-state index contributed by atoms with van der Waals surface area (Å²) in [6, 6.07) is 25.6. The van der Waals surface area contributed by atoms with E-state index < -0.39 is 59.4 Å². The number of benzene rings is 4. The Bertz CT molecular complexity index is 1990. The highest BCUT2D eigenvalue weighted by molar-refractivity contribution is 5.94. The molecular weight excluding hydrogens is 720 g/mol. The molecule has 1 saturated heterocycles. The number of nitrogens with two attached hydrogens (primary N) is 1. The smallest absolute Gasteiger partial charge is 0.407 e. The Hall–Kier alpha value is -6.35. The number of fused-ring (bicyclic) bond motifs is 1. The molecule has 3 atom stereocenters. The third kappa shape index (κ3) is 12.1. The average molecular weight is 767 g/mol. The largest absolute Gasteiger partial charge is 0.460 e. The molecule has 4 aromatic carbocycles. The normalized spacial score (nSPS) is 14.7. The molecule has 294 valence electrons. The lowest BCUT2D eigenvalue weighted by Gasteiger charge is -2.29. The van der Waals surface area contributed by atoms with Gasteiger partial charge in [-0.25, -0.2) is 4.79 Å². The van der Waals surface area contributed by atoms with Crippen LogP contribution in [0.4, 0.5) is 10.5 Å². The molecule has 15 heteroatoms. The van der Waals surface area contributed by atoms with Crippen LogP contribution in [0.25, 0.3) is 10.8 Å². The fraction of sp³-hybridized carbons (Fsp3) is 0.341. The van der Waals surface area contributed by atoms with Crippen molar-refractivity contribution in [1.29, 1.82) is 0 Å². The van der Waals surface area contributed by atoms with Crippen LogP contribution in [0.15, 0.2) is 97.1 Å². The summed E-state index contributed by atoms with van der Waals surface area (Å²) < 4.78 is 10.4. The number of rotatable bonds is 18. The lowest BCUT2D eigenvalue weighted by molar-refractivity contribution is -0.384. The minimum Gasteiger partial charge on any atom is -0.460 e. The van der Waals surface area contributed by atoms with Gasteiger partial charge in [0, 0.05) is 31.6 Å². The Morgan fingerprint density at radius 3 is 2.25 bits per heavy atom. The van der Waals surface area contributed by atoms with Crippen LogP contribution >= 0.6 is 0 Å². The number of esters is 1. The van der Waals surface area contributed by atoms with E-state index in [0.29, 0.717) is 44.2 Å². The third-order valence-corrected chi connectivity index (χ3v) is 9.42. The lowest BCUT2D eigenvalue weighted by Crippen LogP contribution is -2.56. The molecule has 0 aliphatic carbocycles. The van der Waals surface area contributed by atoms with Crippen LogP contribution in [0.3, 0.4) is 0 Å². The summed E-state index contributed by atoms with van der Waals surface area (Å²) in [6.07, 6.45) is 1.89. The van der Waals surface area contributed by atoms with Crippen molar-refractivity contribution >= 4 is 46.2 Å². The second-order valence-corrected chi connectivity index (χ2v) is 13.5. The number of nitro groups is 1. The second kappa shape index (κ2) is 20.4. The SMILES string of the molecule is N[C@H](CCCCNC(=O)OCc1ccccc1)C(=O)N[C@@H](Cc1ccc2ccccc2c1)C(=O)N1CCC[C@@H]1C(=O)NCC(=O)OCc1ccc([N+](=O)[O-])cc1. The summed E-state index contributed by atoms with van der Waals surface area (Å²) in [5.41, 5.74) is 8.40. The zero-order valence-electron chi connectivity index (χ0n) is 30.9. The third-order valence-electron chi connectivity index (χ3n) is 9.42. The van der Waals surface area contributed by atoms with Crippen molar-refractivity contribution in [2.45, 2.75) is 69.9 Å². The molecule has 15 nitrogen and oxygen atoms in total. The number of carbonyl (C=O) groups excluding carboxylic acids is 5. The van der Waals surface area contributed by atoms with E-state index in [1.165, 1.54) is 29.2 Å². The van der Waals surface area contributed by atoms with Gasteiger partial charge in [-0.05, 0) is 71.7 Å². The molecule has 0 bridgehead atoms. The van der Waals surface area contributed by atoms with Crippen LogP contribution < -0.4 is 21.7 Å². The molecule has 0 radical (unpaired) electrons. The molecule has 4 aromatic rings. The topological polar surface area (TPSA) is 212 Å². The number of nitro benzene ring substituents is 1. The van der Waals surface area contributed by atoms with Crippen LogP contribution in [0.1, 0.15) is 48.8 Å². The zero-order chi connectivity index (χ0) is 39.9. The number of amides is 4. The number of alkyl carbamates (subject to hydrolysis) is 1. The maximum Gasteiger partial charge on any atom is 0.407 e. The number of likely N-dealkylation sites (tertiary alicyclic amines) is 1. The molecule has 1 aliphatic rings. The molecule has 5 N–H and O–H groups in total. The van der Waals surface area contributed by atoms with Crippen molar-refractivity contribution < 1.29 is 38.4 Å². The van der Waals surface area contributed by atoms with Crippen LogP contribution in [-0.4, -0.2) is 77.4 Å². The van der Waals surface area contributed by atoms with E-state index >= 15 is 0 Å². The molecule has 0 spiro atoms. The fourth-order valence-corrected chi connectivity index (χ4v) is 6.37. The number of non-ortho nitro benzene ring substituents is 1. The van der Waals surface area contributed by atoms with Gasteiger partial charge in [-0.1, -0.05) is 72.8 Å². The molecule has 4 amide bonds. The van der Waals surface area contributed by atoms with Crippen molar-refractivity contribution in [3.05, 3.63) is 124 Å². The van der Waals surface area contributed by atoms with Crippen molar-refractivity contribution in [2.24, 2.45) is 5.73 Å². The summed E-state index contributed by atoms with van der Waals surface area (Å²) in [7, 11) is 0. The predicted octanol–water partition coefficient (Wildman–Crippen LogP) is 4.05. The maximum atomic E-state index is 14.2. The van der Waals surface area contributed by atoms with Gasteiger partial charge in [0.1, 0.15) is 31.8 Å². The molecule has 1 heterocycles. The maximum absolute atomic E-state index is 14.2. The zero-order valence-corrected chi connectivity index (χ0v) is 30.9. The van der Waals surface area contributed by atoms with E-state index in [9.17, 15) is 34.1 Å². The summed E-state index contributed by atoms with van der Waals surface area (Å²) in [4.78, 5) is 77.1. The lowest BCUT2D eigenvalue weighted by atomic mass is 10.00. The van der Waals surface area contributed by atoms with Crippen LogP contribution in [-0.2, 0) is 48.3 Å². The molecule has 56 heavy (non-hydrogen) atoms. The first-order valence-electron chi connectivity index (χ1n) is 18.5. The minimum absolute atomic E-state index is 0.0923. The molecule has 0 aromatic heterocycles. The summed E-state index contributed by atoms with van der Waals surface area (Å²) in [5, 5.41) is 20.9. The molecule has 1 fully saturated rings. The van der Waals surface area contributed by atoms with Crippen molar-refractivity contribution in [1.82, 2.24) is 20.9 Å². The Morgan fingerprint density at radius 2 is 1.50 bits per heavy atom. The van der Waals surface area contributed by atoms with Gasteiger partial charge in [-0.2, -0.15) is 0 Å². The quantitative estimate of drug-likeness (QED) is 0.0494. The van der Waals surface area contributed by atoms with E-state index in [2.05, 4.69) is 16.0 Å². The Balaban J connectivity index is 1.14. The van der Waals surface area contributed by atoms with E-state index in [0.717, 1.165) is 21.9 Å². The van der Waals surface area contributed by atoms with Gasteiger partial charge in [0.15, 0.2) is 0 Å². The summed E-state index contributed by atoms with van der Waals surface area (Å²) >= 11 is 0. The van der Waals surface area contributed by atoms with Gasteiger partial charge in [-0.15, -0.1) is 0 Å². The first kappa shape index (κ1) is 40.8. The van der Waals surface area contributed by atoms with Crippen molar-refractivity contribution in [3.63, 3.8) is 0 Å². The highest BCUT2D eigenvalue weighted by Crippen LogP contribution is 2.22. The Morgan fingerprint density at radius 1 is 0.821 bits per heavy atom. The van der Waals surface area contributed by atoms with Gasteiger partial charge in [0.2, 0.25) is 17.7 Å². The average Bonchev–Trinajstić information content (AvgIpc) is 3.71. The number of carbonyl (C=O) groups is 5. The molecule has 1 aliphatic heterocycles. The van der Waals surface area contributed by atoms with Gasteiger partial charge in [-0.3, -0.25) is 29.3 Å². The van der Waals surface area contributed by atoms with Gasteiger partial charge >= 0.3 is 12.1 Å². The fourth-order valence-electron chi connectivity index (χ4n) is 6.37. The van der Waals surface area contributed by atoms with E-state index in [1.807, 2.05) is 72.8 Å². The molecule has 0 saturated carbocycles. The number of hydrogen-bond donors (Lipinski definition) is 4. The van der Waals surface area contributed by atoms with Crippen LogP contribution in [0.2, 0.25) is 0 Å². The van der Waals surface area contributed by atoms with Gasteiger partial charge in [0.25, 0.3) is 5.69 Å². The molecular formula is C41H46N6O9. The van der Waals surface area contributed by atoms with Crippen molar-refractivity contribution in [3.8, 4) is 0 Å². The molecule has 5 rings (SSSR count). The van der Waals surface area contributed by atoms with Crippen LogP contribution in [0.5, 0.6) is 0 Å². The highest BCUT2D eigenvalue weighted by atomic mass is 16.6. The summed E-state index contributed by atoms with van der Waals surface area (Å²) in [5.74, 6) is -2.22. The van der Waals surface area contributed by atoms with Gasteiger partial charge < -0.3 is 36.1 Å². The predicted molar refractivity (Wildman–Crippen MR) is 207 cm³/mol. The van der Waals surface area contributed by atoms with Crippen molar-refractivity contribution in [2.75, 3.05) is 19.6 Å². The Labute approximate surface area is 324 Å². The van der Waals surface area contributed by atoms with E-state index in [4.69, 9.17) is 15.2 Å². The Kier molecular flexibility index (Phi) is 14.8. The summed E-state index contributed by atoms with van der Waals surface area (Å²) in [6.45, 7) is 0.183. The second-order valence-electron chi connectivity index (χ2n) is 13.5. The highest BCUT2D eigenvalue weighted by Gasteiger charge is 2.38. The number of unbranched alkanes of at least 4 members (excludes halogenated alkanes) is 1. The monoisotopic (exact) mass is 766 g/mol. The number of nitrogens with one attached hydrogen (secondary N) is 3.